The molecule has 0 spiro atoms. The van der Waals surface area contributed by atoms with Gasteiger partial charge in [0.15, 0.2) is 0 Å². The molecule has 0 radical (unpaired) electrons. The largest absolute Gasteiger partial charge is 0.394 e. The summed E-state index contributed by atoms with van der Waals surface area (Å²) in [5, 5.41) is 8.78. The minimum Gasteiger partial charge on any atom is -0.394 e. The number of methoxy groups -OCH3 is 1. The molecule has 1 aliphatic rings. The molecule has 0 saturated carbocycles. The van der Waals surface area contributed by atoms with Crippen molar-refractivity contribution in [1.29, 1.82) is 0 Å². The maximum Gasteiger partial charge on any atom is 0.107 e. The number of hydrogen-bond donors (Lipinski definition) is 1. The van der Waals surface area contributed by atoms with Crippen LogP contribution in [0.1, 0.15) is 13.3 Å². The molecule has 0 amide bonds. The Morgan fingerprint density at radius 1 is 1.70 bits per heavy atom. The molecule has 0 unspecified atom stereocenters. The van der Waals surface area contributed by atoms with E-state index in [1.807, 2.05) is 6.92 Å². The molecule has 60 valence electrons. The highest BCUT2D eigenvalue weighted by Gasteiger charge is 2.31. The molecule has 3 nitrogen and oxygen atoms in total. The molecule has 0 aromatic heterocycles. The summed E-state index contributed by atoms with van der Waals surface area (Å²) >= 11 is 0. The third-order valence-corrected chi connectivity index (χ3v) is 1.87. The maximum absolute atomic E-state index is 8.78. The molecule has 1 N–H and O–H groups in total. The van der Waals surface area contributed by atoms with Crippen LogP contribution in [0.4, 0.5) is 0 Å². The normalized spacial score (nSPS) is 40.5. The van der Waals surface area contributed by atoms with Gasteiger partial charge in [-0.15, -0.1) is 0 Å². The predicted molar refractivity (Wildman–Crippen MR) is 36.8 cm³/mol. The van der Waals surface area contributed by atoms with Crippen molar-refractivity contribution in [3.63, 3.8) is 0 Å². The van der Waals surface area contributed by atoms with E-state index in [0.717, 1.165) is 6.42 Å². The molecular weight excluding hydrogens is 132 g/mol. The van der Waals surface area contributed by atoms with Gasteiger partial charge in [0, 0.05) is 13.5 Å². The van der Waals surface area contributed by atoms with Gasteiger partial charge in [-0.1, -0.05) is 0 Å². The number of aliphatic hydroxyl groups is 1. The first-order valence-electron chi connectivity index (χ1n) is 3.57. The van der Waals surface area contributed by atoms with Crippen molar-refractivity contribution in [3.8, 4) is 0 Å². The maximum atomic E-state index is 8.78. The second-order valence-corrected chi connectivity index (χ2v) is 2.68. The fraction of sp³-hybridized carbons (Fsp3) is 1.00. The Hall–Kier alpha value is -0.120. The fourth-order valence-electron chi connectivity index (χ4n) is 1.33. The van der Waals surface area contributed by atoms with E-state index < -0.39 is 0 Å². The van der Waals surface area contributed by atoms with Gasteiger partial charge in [-0.25, -0.2) is 0 Å². The molecule has 1 rings (SSSR count). The van der Waals surface area contributed by atoms with Gasteiger partial charge >= 0.3 is 0 Å². The van der Waals surface area contributed by atoms with E-state index >= 15 is 0 Å². The zero-order valence-corrected chi connectivity index (χ0v) is 6.41. The molecule has 1 heterocycles. The van der Waals surface area contributed by atoms with Crippen molar-refractivity contribution >= 4 is 0 Å². The van der Waals surface area contributed by atoms with Crippen LogP contribution in [0.25, 0.3) is 0 Å². The van der Waals surface area contributed by atoms with Gasteiger partial charge in [0.25, 0.3) is 0 Å². The van der Waals surface area contributed by atoms with Crippen LogP contribution < -0.4 is 0 Å². The molecule has 0 bridgehead atoms. The van der Waals surface area contributed by atoms with Crippen molar-refractivity contribution < 1.29 is 14.6 Å². The lowest BCUT2D eigenvalue weighted by molar-refractivity contribution is -0.0302. The second kappa shape index (κ2) is 3.32. The topological polar surface area (TPSA) is 38.7 Å². The smallest absolute Gasteiger partial charge is 0.107 e. The summed E-state index contributed by atoms with van der Waals surface area (Å²) in [5.74, 6) is 0. The lowest BCUT2D eigenvalue weighted by atomic mass is 10.1. The van der Waals surface area contributed by atoms with Crippen LogP contribution in [0.2, 0.25) is 0 Å². The van der Waals surface area contributed by atoms with Crippen molar-refractivity contribution in [2.24, 2.45) is 0 Å². The van der Waals surface area contributed by atoms with E-state index in [1.54, 1.807) is 7.11 Å². The van der Waals surface area contributed by atoms with Gasteiger partial charge in [0.05, 0.1) is 18.8 Å². The summed E-state index contributed by atoms with van der Waals surface area (Å²) in [6.07, 6.45) is 1.09. The van der Waals surface area contributed by atoms with Crippen molar-refractivity contribution in [3.05, 3.63) is 0 Å². The third-order valence-electron chi connectivity index (χ3n) is 1.87. The highest BCUT2D eigenvalue weighted by atomic mass is 16.6. The highest BCUT2D eigenvalue weighted by Crippen LogP contribution is 2.21. The fourth-order valence-corrected chi connectivity index (χ4v) is 1.33. The summed E-state index contributed by atoms with van der Waals surface area (Å²) in [5.41, 5.74) is 0. The van der Waals surface area contributed by atoms with Gasteiger partial charge in [0.2, 0.25) is 0 Å². The highest BCUT2D eigenvalue weighted by molar-refractivity contribution is 4.80. The quantitative estimate of drug-likeness (QED) is 0.603. The van der Waals surface area contributed by atoms with E-state index in [1.165, 1.54) is 0 Å². The molecule has 0 aromatic rings. The standard InChI is InChI=1S/C7H14O3/c1-5-3-6(9-2)7(4-8)10-5/h5-8H,3-4H2,1-2H3/t5-,6+,7+/m0/s1. The Bertz CT molecular complexity index is 93.0. The van der Waals surface area contributed by atoms with Crippen LogP contribution in [0.3, 0.4) is 0 Å². The third kappa shape index (κ3) is 1.48. The number of rotatable bonds is 2. The average Bonchev–Trinajstić information content (AvgIpc) is 2.30. The Kier molecular flexibility index (Phi) is 2.65. The van der Waals surface area contributed by atoms with Gasteiger partial charge < -0.3 is 14.6 Å². The van der Waals surface area contributed by atoms with E-state index in [2.05, 4.69) is 0 Å². The van der Waals surface area contributed by atoms with E-state index in [9.17, 15) is 0 Å². The number of aliphatic hydroxyl groups excluding tert-OH is 1. The molecule has 1 saturated heterocycles. The van der Waals surface area contributed by atoms with Crippen LogP contribution in [-0.2, 0) is 9.47 Å². The Morgan fingerprint density at radius 2 is 2.40 bits per heavy atom. The van der Waals surface area contributed by atoms with Crippen LogP contribution in [0.5, 0.6) is 0 Å². The van der Waals surface area contributed by atoms with Crippen molar-refractivity contribution in [2.45, 2.75) is 31.7 Å². The monoisotopic (exact) mass is 146 g/mol. The summed E-state index contributed by atoms with van der Waals surface area (Å²) in [4.78, 5) is 0. The summed E-state index contributed by atoms with van der Waals surface area (Å²) < 4.78 is 10.4. The summed E-state index contributed by atoms with van der Waals surface area (Å²) in [7, 11) is 1.65. The second-order valence-electron chi connectivity index (χ2n) is 2.68. The molecule has 1 aliphatic heterocycles. The first kappa shape index (κ1) is 7.98. The predicted octanol–water partition coefficient (Wildman–Crippen LogP) is 0.171. The van der Waals surface area contributed by atoms with E-state index in [0.29, 0.717) is 0 Å². The minimum atomic E-state index is -0.111. The molecule has 3 atom stereocenters. The van der Waals surface area contributed by atoms with Crippen LogP contribution in [0, 0.1) is 0 Å². The molecule has 1 fully saturated rings. The van der Waals surface area contributed by atoms with Crippen LogP contribution in [0.15, 0.2) is 0 Å². The minimum absolute atomic E-state index is 0.0584. The first-order valence-corrected chi connectivity index (χ1v) is 3.57. The van der Waals surface area contributed by atoms with Crippen molar-refractivity contribution in [1.82, 2.24) is 0 Å². The van der Waals surface area contributed by atoms with Gasteiger partial charge in [-0.3, -0.25) is 0 Å². The number of ether oxygens (including phenoxy) is 2. The lowest BCUT2D eigenvalue weighted by Gasteiger charge is -2.13. The number of hydrogen-bond acceptors (Lipinski definition) is 3. The Labute approximate surface area is 60.9 Å². The molecule has 10 heavy (non-hydrogen) atoms. The molecular formula is C7H14O3. The summed E-state index contributed by atoms with van der Waals surface area (Å²) in [6, 6.07) is 0. The average molecular weight is 146 g/mol. The van der Waals surface area contributed by atoms with E-state index in [-0.39, 0.29) is 24.9 Å². The Balaban J connectivity index is 2.41. The molecule has 0 aromatic carbocycles. The zero-order chi connectivity index (χ0) is 7.56. The Morgan fingerprint density at radius 3 is 2.80 bits per heavy atom. The van der Waals surface area contributed by atoms with Crippen LogP contribution >= 0.6 is 0 Å². The van der Waals surface area contributed by atoms with E-state index in [4.69, 9.17) is 14.6 Å². The first-order chi connectivity index (χ1) is 4.77. The molecule has 0 aliphatic carbocycles. The summed E-state index contributed by atoms with van der Waals surface area (Å²) in [6.45, 7) is 2.05. The van der Waals surface area contributed by atoms with Gasteiger partial charge in [-0.2, -0.15) is 0 Å². The van der Waals surface area contributed by atoms with Crippen LogP contribution in [-0.4, -0.2) is 37.1 Å². The zero-order valence-electron chi connectivity index (χ0n) is 6.41. The molecule has 3 heteroatoms. The van der Waals surface area contributed by atoms with Gasteiger partial charge in [-0.05, 0) is 6.92 Å². The SMILES string of the molecule is CO[C@@H]1C[C@H](C)O[C@@H]1CO. The van der Waals surface area contributed by atoms with Gasteiger partial charge in [0.1, 0.15) is 6.10 Å². The lowest BCUT2D eigenvalue weighted by Crippen LogP contribution is -2.26. The van der Waals surface area contributed by atoms with Crippen molar-refractivity contribution in [2.75, 3.05) is 13.7 Å².